The summed E-state index contributed by atoms with van der Waals surface area (Å²) in [6.07, 6.45) is -0.0948. The lowest BCUT2D eigenvalue weighted by Gasteiger charge is -2.35. The Morgan fingerprint density at radius 3 is 2.29 bits per heavy atom. The highest BCUT2D eigenvalue weighted by Gasteiger charge is 2.51. The minimum atomic E-state index is -2.04. The quantitative estimate of drug-likeness (QED) is 0.726. The molecule has 0 fully saturated rings. The summed E-state index contributed by atoms with van der Waals surface area (Å²) in [6, 6.07) is 5.44. The Morgan fingerprint density at radius 2 is 1.76 bits per heavy atom. The van der Waals surface area contributed by atoms with Crippen LogP contribution in [0.3, 0.4) is 0 Å². The van der Waals surface area contributed by atoms with Gasteiger partial charge in [0.25, 0.3) is 0 Å². The Labute approximate surface area is 104 Å². The molecule has 94 valence electrons. The van der Waals surface area contributed by atoms with E-state index in [0.717, 1.165) is 5.56 Å². The smallest absolute Gasteiger partial charge is 0.230 e. The number of benzene rings is 1. The third-order valence-corrected chi connectivity index (χ3v) is 9.42. The van der Waals surface area contributed by atoms with Gasteiger partial charge in [-0.2, -0.15) is 0 Å². The van der Waals surface area contributed by atoms with Crippen molar-refractivity contribution >= 4 is 13.5 Å². The average molecular weight is 252 g/mol. The van der Waals surface area contributed by atoms with Gasteiger partial charge in [0.1, 0.15) is 5.82 Å². The second kappa shape index (κ2) is 4.21. The second-order valence-corrected chi connectivity index (χ2v) is 10.2. The van der Waals surface area contributed by atoms with Crippen molar-refractivity contribution in [1.82, 2.24) is 0 Å². The van der Waals surface area contributed by atoms with Gasteiger partial charge in [0, 0.05) is 5.56 Å². The van der Waals surface area contributed by atoms with E-state index in [1.807, 2.05) is 13.0 Å². The lowest BCUT2D eigenvalue weighted by atomic mass is 10.1. The molecule has 2 rings (SSSR count). The summed E-state index contributed by atoms with van der Waals surface area (Å²) in [5, 5.41) is 1.18. The minimum Gasteiger partial charge on any atom is -0.405 e. The van der Waals surface area contributed by atoms with E-state index < -0.39 is 8.32 Å². The largest absolute Gasteiger partial charge is 0.405 e. The standard InChI is InChI=1S/C14H21FOSi/c1-9(2)17(10(3)4)13-8-6-7-12(15)14(13)11(5)16-17/h6-11H,1-5H3. The van der Waals surface area contributed by atoms with E-state index in [2.05, 4.69) is 33.8 Å². The van der Waals surface area contributed by atoms with Crippen molar-refractivity contribution in [3.8, 4) is 0 Å². The SMILES string of the molecule is CC1O[Si](C(C)C)(C(C)C)c2cccc(F)c21. The van der Waals surface area contributed by atoms with Gasteiger partial charge in [-0.1, -0.05) is 39.8 Å². The van der Waals surface area contributed by atoms with Crippen LogP contribution < -0.4 is 5.19 Å². The highest BCUT2D eigenvalue weighted by Crippen LogP contribution is 2.43. The molecular formula is C14H21FOSi. The van der Waals surface area contributed by atoms with Crippen LogP contribution in [0.2, 0.25) is 11.1 Å². The Morgan fingerprint density at radius 1 is 1.18 bits per heavy atom. The highest BCUT2D eigenvalue weighted by molar-refractivity contribution is 6.89. The number of fused-ring (bicyclic) bond motifs is 1. The van der Waals surface area contributed by atoms with Crippen LogP contribution in [0.25, 0.3) is 0 Å². The van der Waals surface area contributed by atoms with Crippen LogP contribution >= 0.6 is 0 Å². The Kier molecular flexibility index (Phi) is 3.17. The zero-order valence-corrected chi connectivity index (χ0v) is 12.3. The van der Waals surface area contributed by atoms with Crippen molar-refractivity contribution in [3.05, 3.63) is 29.6 Å². The van der Waals surface area contributed by atoms with Gasteiger partial charge in [-0.15, -0.1) is 0 Å². The fraction of sp³-hybridized carbons (Fsp3) is 0.571. The first-order chi connectivity index (χ1) is 7.91. The number of rotatable bonds is 2. The summed E-state index contributed by atoms with van der Waals surface area (Å²) >= 11 is 0. The van der Waals surface area contributed by atoms with Crippen LogP contribution in [0.15, 0.2) is 18.2 Å². The molecule has 3 heteroatoms. The van der Waals surface area contributed by atoms with Gasteiger partial charge >= 0.3 is 0 Å². The lowest BCUT2D eigenvalue weighted by molar-refractivity contribution is 0.219. The van der Waals surface area contributed by atoms with E-state index in [0.29, 0.717) is 11.1 Å². The van der Waals surface area contributed by atoms with E-state index in [-0.39, 0.29) is 11.9 Å². The molecule has 1 aliphatic rings. The molecule has 0 amide bonds. The maximum absolute atomic E-state index is 14.0. The molecule has 0 aromatic heterocycles. The average Bonchev–Trinajstić information content (AvgIpc) is 2.54. The van der Waals surface area contributed by atoms with Gasteiger partial charge in [0.15, 0.2) is 0 Å². The molecular weight excluding hydrogens is 231 g/mol. The van der Waals surface area contributed by atoms with Crippen molar-refractivity contribution in [1.29, 1.82) is 0 Å². The Hall–Kier alpha value is -0.673. The first-order valence-electron chi connectivity index (χ1n) is 6.38. The minimum absolute atomic E-state index is 0.0948. The molecule has 1 nitrogen and oxygen atoms in total. The molecule has 1 unspecified atom stereocenters. The molecule has 1 aliphatic heterocycles. The van der Waals surface area contributed by atoms with E-state index in [9.17, 15) is 4.39 Å². The topological polar surface area (TPSA) is 9.23 Å². The number of hydrogen-bond donors (Lipinski definition) is 0. The first kappa shape index (κ1) is 12.8. The molecule has 0 saturated heterocycles. The molecule has 17 heavy (non-hydrogen) atoms. The Balaban J connectivity index is 2.66. The number of halogens is 1. The van der Waals surface area contributed by atoms with Gasteiger partial charge in [-0.3, -0.25) is 0 Å². The fourth-order valence-electron chi connectivity index (χ4n) is 3.27. The van der Waals surface area contributed by atoms with Gasteiger partial charge in [-0.05, 0) is 29.3 Å². The lowest BCUT2D eigenvalue weighted by Crippen LogP contribution is -2.52. The van der Waals surface area contributed by atoms with Crippen LogP contribution in [0, 0.1) is 5.82 Å². The molecule has 0 saturated carbocycles. The van der Waals surface area contributed by atoms with E-state index in [1.54, 1.807) is 6.07 Å². The third kappa shape index (κ3) is 1.67. The van der Waals surface area contributed by atoms with E-state index in [1.165, 1.54) is 5.19 Å². The van der Waals surface area contributed by atoms with Crippen LogP contribution in [0.1, 0.15) is 46.3 Å². The summed E-state index contributed by atoms with van der Waals surface area (Å²) in [4.78, 5) is 0. The van der Waals surface area contributed by atoms with Crippen LogP contribution in [0.5, 0.6) is 0 Å². The summed E-state index contributed by atoms with van der Waals surface area (Å²) in [5.74, 6) is -0.106. The maximum Gasteiger partial charge on any atom is 0.230 e. The third-order valence-electron chi connectivity index (χ3n) is 3.97. The first-order valence-corrected chi connectivity index (χ1v) is 8.44. The molecule has 1 aromatic carbocycles. The summed E-state index contributed by atoms with van der Waals surface area (Å²) in [5.41, 5.74) is 1.74. The molecule has 1 aromatic rings. The van der Waals surface area contributed by atoms with Gasteiger partial charge in [0.05, 0.1) is 6.10 Å². The maximum atomic E-state index is 14.0. The van der Waals surface area contributed by atoms with Crippen LogP contribution in [0.4, 0.5) is 4.39 Å². The van der Waals surface area contributed by atoms with Gasteiger partial charge < -0.3 is 4.43 Å². The fourth-order valence-corrected chi connectivity index (χ4v) is 8.32. The van der Waals surface area contributed by atoms with E-state index in [4.69, 9.17) is 4.43 Å². The second-order valence-electron chi connectivity index (χ2n) is 5.56. The summed E-state index contributed by atoms with van der Waals surface area (Å²) in [7, 11) is -2.04. The van der Waals surface area contributed by atoms with Crippen LogP contribution in [-0.4, -0.2) is 8.32 Å². The van der Waals surface area contributed by atoms with Gasteiger partial charge in [0.2, 0.25) is 8.32 Å². The normalized spacial score (nSPS) is 22.2. The predicted octanol–water partition coefficient (Wildman–Crippen LogP) is 3.89. The molecule has 1 heterocycles. The van der Waals surface area contributed by atoms with Crippen molar-refractivity contribution in [2.24, 2.45) is 0 Å². The highest BCUT2D eigenvalue weighted by atomic mass is 28.4. The molecule has 0 bridgehead atoms. The molecule has 0 aliphatic carbocycles. The molecule has 0 N–H and O–H groups in total. The van der Waals surface area contributed by atoms with Crippen molar-refractivity contribution < 1.29 is 8.82 Å². The van der Waals surface area contributed by atoms with Crippen molar-refractivity contribution in [2.75, 3.05) is 0 Å². The zero-order valence-electron chi connectivity index (χ0n) is 11.3. The van der Waals surface area contributed by atoms with Crippen molar-refractivity contribution in [2.45, 2.75) is 51.8 Å². The monoisotopic (exact) mass is 252 g/mol. The zero-order chi connectivity index (χ0) is 12.8. The van der Waals surface area contributed by atoms with Crippen LogP contribution in [-0.2, 0) is 4.43 Å². The van der Waals surface area contributed by atoms with E-state index >= 15 is 0 Å². The Bertz CT molecular complexity index is 420. The van der Waals surface area contributed by atoms with Crippen molar-refractivity contribution in [3.63, 3.8) is 0 Å². The molecule has 0 radical (unpaired) electrons. The predicted molar refractivity (Wildman–Crippen MR) is 71.5 cm³/mol. The number of hydrogen-bond acceptors (Lipinski definition) is 1. The molecule has 1 atom stereocenters. The van der Waals surface area contributed by atoms with Gasteiger partial charge in [-0.25, -0.2) is 4.39 Å². The summed E-state index contributed by atoms with van der Waals surface area (Å²) in [6.45, 7) is 10.8. The summed E-state index contributed by atoms with van der Waals surface area (Å²) < 4.78 is 20.3. The molecule has 0 spiro atoms.